The van der Waals surface area contributed by atoms with E-state index in [1.807, 2.05) is 0 Å². The third kappa shape index (κ3) is 1.86. The molecule has 0 aromatic carbocycles. The normalized spacial score (nSPS) is 61.2. The molecule has 2 heteroatoms. The van der Waals surface area contributed by atoms with Crippen molar-refractivity contribution in [1.29, 1.82) is 0 Å². The highest BCUT2D eigenvalue weighted by Gasteiger charge is 2.63. The van der Waals surface area contributed by atoms with Gasteiger partial charge < -0.3 is 10.2 Å². The number of aliphatic hydroxyl groups is 2. The Hall–Kier alpha value is -0.0800. The van der Waals surface area contributed by atoms with Crippen LogP contribution in [0, 0.1) is 34.5 Å². The first-order chi connectivity index (χ1) is 10.3. The van der Waals surface area contributed by atoms with Gasteiger partial charge in [-0.15, -0.1) is 0 Å². The molecular weight excluding hydrogens is 272 g/mol. The Labute approximate surface area is 135 Å². The van der Waals surface area contributed by atoms with Crippen LogP contribution >= 0.6 is 0 Å². The molecule has 4 saturated carbocycles. The third-order valence-corrected chi connectivity index (χ3v) is 9.20. The van der Waals surface area contributed by atoms with Crippen molar-refractivity contribution in [3.05, 3.63) is 0 Å². The largest absolute Gasteiger partial charge is 0.393 e. The number of hydrogen-bond donors (Lipinski definition) is 2. The molecule has 0 heterocycles. The summed E-state index contributed by atoms with van der Waals surface area (Å²) >= 11 is 0. The van der Waals surface area contributed by atoms with Gasteiger partial charge in [0.05, 0.1) is 11.7 Å². The summed E-state index contributed by atoms with van der Waals surface area (Å²) in [6.07, 6.45) is 10.6. The molecule has 4 aliphatic carbocycles. The van der Waals surface area contributed by atoms with E-state index in [9.17, 15) is 10.2 Å². The van der Waals surface area contributed by atoms with Gasteiger partial charge in [0.15, 0.2) is 0 Å². The second-order valence-electron chi connectivity index (χ2n) is 9.85. The van der Waals surface area contributed by atoms with Crippen LogP contribution in [-0.4, -0.2) is 21.9 Å². The van der Waals surface area contributed by atoms with E-state index in [0.717, 1.165) is 42.9 Å². The van der Waals surface area contributed by atoms with Crippen LogP contribution in [-0.2, 0) is 0 Å². The monoisotopic (exact) mass is 306 g/mol. The van der Waals surface area contributed by atoms with Crippen molar-refractivity contribution >= 4 is 0 Å². The van der Waals surface area contributed by atoms with Crippen molar-refractivity contribution in [1.82, 2.24) is 0 Å². The quantitative estimate of drug-likeness (QED) is 0.706. The molecule has 5 unspecified atom stereocenters. The van der Waals surface area contributed by atoms with Gasteiger partial charge in [0.25, 0.3) is 0 Å². The van der Waals surface area contributed by atoms with Crippen molar-refractivity contribution in [2.75, 3.05) is 0 Å². The highest BCUT2D eigenvalue weighted by atomic mass is 16.3. The number of aliphatic hydroxyl groups excluding tert-OH is 1. The van der Waals surface area contributed by atoms with Crippen LogP contribution in [0.3, 0.4) is 0 Å². The maximum absolute atomic E-state index is 10.9. The van der Waals surface area contributed by atoms with Gasteiger partial charge in [0.1, 0.15) is 0 Å². The maximum atomic E-state index is 10.9. The van der Waals surface area contributed by atoms with Gasteiger partial charge in [-0.05, 0) is 99.2 Å². The molecule has 0 spiro atoms. The minimum atomic E-state index is -0.455. The minimum absolute atomic E-state index is 0.0457. The van der Waals surface area contributed by atoms with Gasteiger partial charge in [-0.1, -0.05) is 13.8 Å². The first-order valence-corrected chi connectivity index (χ1v) is 9.68. The molecule has 4 rings (SSSR count). The smallest absolute Gasteiger partial charge is 0.0675 e. The fourth-order valence-corrected chi connectivity index (χ4v) is 7.48. The Morgan fingerprint density at radius 1 is 0.818 bits per heavy atom. The van der Waals surface area contributed by atoms with Crippen LogP contribution in [0.1, 0.15) is 78.6 Å². The summed E-state index contributed by atoms with van der Waals surface area (Å²) in [5.41, 5.74) is 0.145. The lowest BCUT2D eigenvalue weighted by molar-refractivity contribution is -0.153. The van der Waals surface area contributed by atoms with Crippen molar-refractivity contribution in [2.45, 2.75) is 90.3 Å². The van der Waals surface area contributed by atoms with E-state index in [-0.39, 0.29) is 11.5 Å². The average Bonchev–Trinajstić information content (AvgIpc) is 2.70. The Bertz CT molecular complexity index is 459. The predicted molar refractivity (Wildman–Crippen MR) is 88.4 cm³/mol. The van der Waals surface area contributed by atoms with Crippen molar-refractivity contribution in [3.63, 3.8) is 0 Å². The molecule has 0 radical (unpaired) electrons. The van der Waals surface area contributed by atoms with Gasteiger partial charge in [-0.2, -0.15) is 0 Å². The van der Waals surface area contributed by atoms with E-state index in [0.29, 0.717) is 5.41 Å². The van der Waals surface area contributed by atoms with Crippen LogP contribution in [0.15, 0.2) is 0 Å². The Balaban J connectivity index is 1.64. The SMILES string of the molecule is CC12CC[C@@H](O)C[C@@H]1CCC1C2CCC2(C)C1CC[C@]2(C)O. The predicted octanol–water partition coefficient (Wildman–Crippen LogP) is 4.14. The zero-order valence-electron chi connectivity index (χ0n) is 14.6. The van der Waals surface area contributed by atoms with Crippen LogP contribution in [0.4, 0.5) is 0 Å². The second-order valence-corrected chi connectivity index (χ2v) is 9.85. The first kappa shape index (κ1) is 15.4. The Morgan fingerprint density at radius 3 is 2.32 bits per heavy atom. The van der Waals surface area contributed by atoms with Crippen LogP contribution < -0.4 is 0 Å². The number of fused-ring (bicyclic) bond motifs is 5. The van der Waals surface area contributed by atoms with E-state index in [1.165, 1.54) is 38.5 Å². The Kier molecular flexibility index (Phi) is 3.32. The maximum Gasteiger partial charge on any atom is 0.0675 e. The van der Waals surface area contributed by atoms with Crippen LogP contribution in [0.5, 0.6) is 0 Å². The Morgan fingerprint density at radius 2 is 1.55 bits per heavy atom. The highest BCUT2D eigenvalue weighted by molar-refractivity contribution is 5.12. The molecule has 0 amide bonds. The van der Waals surface area contributed by atoms with Gasteiger partial charge in [0.2, 0.25) is 0 Å². The highest BCUT2D eigenvalue weighted by Crippen LogP contribution is 2.68. The molecule has 0 aromatic rings. The molecule has 0 saturated heterocycles. The summed E-state index contributed by atoms with van der Waals surface area (Å²) in [6, 6.07) is 0. The summed E-state index contributed by atoms with van der Waals surface area (Å²) in [5.74, 6) is 3.13. The third-order valence-electron chi connectivity index (χ3n) is 9.20. The van der Waals surface area contributed by atoms with Crippen molar-refractivity contribution in [2.24, 2.45) is 34.5 Å². The lowest BCUT2D eigenvalue weighted by Gasteiger charge is -2.61. The molecule has 2 N–H and O–H groups in total. The summed E-state index contributed by atoms with van der Waals surface area (Å²) < 4.78 is 0. The summed E-state index contributed by atoms with van der Waals surface area (Å²) in [6.45, 7) is 7.01. The van der Waals surface area contributed by atoms with Gasteiger partial charge in [-0.25, -0.2) is 0 Å². The minimum Gasteiger partial charge on any atom is -0.393 e. The average molecular weight is 306 g/mol. The molecule has 2 nitrogen and oxygen atoms in total. The lowest BCUT2D eigenvalue weighted by atomic mass is 9.44. The van der Waals surface area contributed by atoms with E-state index in [2.05, 4.69) is 20.8 Å². The molecule has 8 atom stereocenters. The fraction of sp³-hybridized carbons (Fsp3) is 1.00. The van der Waals surface area contributed by atoms with Crippen LogP contribution in [0.2, 0.25) is 0 Å². The van der Waals surface area contributed by atoms with E-state index >= 15 is 0 Å². The van der Waals surface area contributed by atoms with Crippen LogP contribution in [0.25, 0.3) is 0 Å². The number of hydrogen-bond acceptors (Lipinski definition) is 2. The molecule has 4 fully saturated rings. The van der Waals surface area contributed by atoms with Crippen molar-refractivity contribution in [3.8, 4) is 0 Å². The molecule has 0 bridgehead atoms. The van der Waals surface area contributed by atoms with E-state index in [4.69, 9.17) is 0 Å². The molecule has 0 aromatic heterocycles. The zero-order valence-corrected chi connectivity index (χ0v) is 14.6. The summed E-state index contributed by atoms with van der Waals surface area (Å²) in [5, 5.41) is 21.0. The van der Waals surface area contributed by atoms with E-state index < -0.39 is 5.60 Å². The van der Waals surface area contributed by atoms with Crippen molar-refractivity contribution < 1.29 is 10.2 Å². The standard InChI is InChI=1S/C20H34O2/c1-18-9-6-14(21)12-13(18)4-5-15-16(18)7-10-19(2)17(15)8-11-20(19,3)22/h13-17,21-22H,4-12H2,1-3H3/t13-,14+,15?,16?,17?,18?,19?,20-/m0/s1. The first-order valence-electron chi connectivity index (χ1n) is 9.68. The van der Waals surface area contributed by atoms with Gasteiger partial charge in [-0.3, -0.25) is 0 Å². The molecule has 22 heavy (non-hydrogen) atoms. The zero-order chi connectivity index (χ0) is 15.8. The summed E-state index contributed by atoms with van der Waals surface area (Å²) in [7, 11) is 0. The van der Waals surface area contributed by atoms with Gasteiger partial charge >= 0.3 is 0 Å². The molecule has 126 valence electrons. The van der Waals surface area contributed by atoms with E-state index in [1.54, 1.807) is 0 Å². The number of rotatable bonds is 0. The molecule has 4 aliphatic rings. The summed E-state index contributed by atoms with van der Waals surface area (Å²) in [4.78, 5) is 0. The topological polar surface area (TPSA) is 40.5 Å². The molecular formula is C20H34O2. The second kappa shape index (κ2) is 4.72. The van der Waals surface area contributed by atoms with Gasteiger partial charge in [0, 0.05) is 0 Å². The lowest BCUT2D eigenvalue weighted by Crippen LogP contribution is -2.56. The molecule has 0 aliphatic heterocycles. The fourth-order valence-electron chi connectivity index (χ4n) is 7.48.